The van der Waals surface area contributed by atoms with E-state index in [2.05, 4.69) is 9.88 Å². The highest BCUT2D eigenvalue weighted by molar-refractivity contribution is 6.30. The standard InChI is InChI=1S/C20H18ClN3O3/c21-15-3-1-12(2-4-15)20-22-9-14-11-24(6-5-16(14)23-20)10-13-7-18(26)19(27)8-17(13)25/h1-4,7-9,25-27H,5-6,10-11H2. The van der Waals surface area contributed by atoms with Gasteiger partial charge >= 0.3 is 0 Å². The van der Waals surface area contributed by atoms with E-state index in [1.54, 1.807) is 0 Å². The molecule has 0 bridgehead atoms. The van der Waals surface area contributed by atoms with E-state index in [9.17, 15) is 15.3 Å². The van der Waals surface area contributed by atoms with Crippen molar-refractivity contribution in [3.63, 3.8) is 0 Å². The lowest BCUT2D eigenvalue weighted by Gasteiger charge is -2.28. The maximum Gasteiger partial charge on any atom is 0.161 e. The van der Waals surface area contributed by atoms with Gasteiger partial charge < -0.3 is 15.3 Å². The normalized spacial score (nSPS) is 14.1. The van der Waals surface area contributed by atoms with Crippen LogP contribution in [0.25, 0.3) is 11.4 Å². The Morgan fingerprint density at radius 2 is 1.74 bits per heavy atom. The monoisotopic (exact) mass is 383 g/mol. The summed E-state index contributed by atoms with van der Waals surface area (Å²) in [6.07, 6.45) is 2.61. The van der Waals surface area contributed by atoms with Crippen LogP contribution in [-0.2, 0) is 19.5 Å². The van der Waals surface area contributed by atoms with Crippen molar-refractivity contribution >= 4 is 11.6 Å². The first-order valence-corrected chi connectivity index (χ1v) is 8.94. The minimum Gasteiger partial charge on any atom is -0.507 e. The molecule has 0 saturated carbocycles. The van der Waals surface area contributed by atoms with Crippen molar-refractivity contribution in [3.8, 4) is 28.6 Å². The van der Waals surface area contributed by atoms with E-state index in [0.717, 1.165) is 35.9 Å². The van der Waals surface area contributed by atoms with Crippen LogP contribution in [0, 0.1) is 0 Å². The maximum absolute atomic E-state index is 9.99. The van der Waals surface area contributed by atoms with Crippen molar-refractivity contribution < 1.29 is 15.3 Å². The third kappa shape index (κ3) is 3.67. The quantitative estimate of drug-likeness (QED) is 0.474. The molecule has 0 saturated heterocycles. The second-order valence-electron chi connectivity index (χ2n) is 6.60. The molecule has 0 unspecified atom stereocenters. The SMILES string of the molecule is Oc1cc(O)c(CN2CCc3nc(-c4ccc(Cl)cc4)ncc3C2)cc1O. The molecule has 0 aliphatic carbocycles. The number of hydrogen-bond donors (Lipinski definition) is 3. The smallest absolute Gasteiger partial charge is 0.161 e. The van der Waals surface area contributed by atoms with Crippen molar-refractivity contribution in [1.29, 1.82) is 0 Å². The van der Waals surface area contributed by atoms with Gasteiger partial charge in [-0.15, -0.1) is 0 Å². The molecule has 4 rings (SSSR count). The molecular weight excluding hydrogens is 366 g/mol. The average Bonchev–Trinajstić information content (AvgIpc) is 2.66. The first-order valence-electron chi connectivity index (χ1n) is 8.56. The lowest BCUT2D eigenvalue weighted by molar-refractivity contribution is 0.239. The zero-order chi connectivity index (χ0) is 19.0. The second kappa shape index (κ2) is 7.06. The second-order valence-corrected chi connectivity index (χ2v) is 7.04. The van der Waals surface area contributed by atoms with E-state index in [1.165, 1.54) is 6.07 Å². The van der Waals surface area contributed by atoms with Crippen LogP contribution < -0.4 is 0 Å². The zero-order valence-electron chi connectivity index (χ0n) is 14.4. The number of halogens is 1. The number of aromatic nitrogens is 2. The number of phenolic OH excluding ortho intramolecular Hbond substituents is 3. The fourth-order valence-corrected chi connectivity index (χ4v) is 3.35. The zero-order valence-corrected chi connectivity index (χ0v) is 15.2. The molecule has 0 fully saturated rings. The minimum atomic E-state index is -0.330. The summed E-state index contributed by atoms with van der Waals surface area (Å²) in [6, 6.07) is 9.99. The van der Waals surface area contributed by atoms with E-state index >= 15 is 0 Å². The van der Waals surface area contributed by atoms with Gasteiger partial charge in [0.15, 0.2) is 17.3 Å². The summed E-state index contributed by atoms with van der Waals surface area (Å²) in [5.74, 6) is 0.0740. The van der Waals surface area contributed by atoms with Gasteiger partial charge in [-0.1, -0.05) is 11.6 Å². The number of nitrogens with zero attached hydrogens (tertiary/aromatic N) is 3. The Hall–Kier alpha value is -2.83. The summed E-state index contributed by atoms with van der Waals surface area (Å²) in [7, 11) is 0. The van der Waals surface area contributed by atoms with Gasteiger partial charge in [0, 0.05) is 60.0 Å². The molecule has 27 heavy (non-hydrogen) atoms. The highest BCUT2D eigenvalue weighted by atomic mass is 35.5. The highest BCUT2D eigenvalue weighted by Gasteiger charge is 2.20. The Morgan fingerprint density at radius 3 is 2.52 bits per heavy atom. The molecule has 1 aliphatic rings. The summed E-state index contributed by atoms with van der Waals surface area (Å²) < 4.78 is 0. The van der Waals surface area contributed by atoms with Gasteiger partial charge in [-0.3, -0.25) is 4.90 Å². The summed E-state index contributed by atoms with van der Waals surface area (Å²) in [4.78, 5) is 11.3. The van der Waals surface area contributed by atoms with Crippen LogP contribution in [0.1, 0.15) is 16.8 Å². The number of fused-ring (bicyclic) bond motifs is 1. The highest BCUT2D eigenvalue weighted by Crippen LogP contribution is 2.33. The van der Waals surface area contributed by atoms with Gasteiger partial charge in [0.1, 0.15) is 5.75 Å². The van der Waals surface area contributed by atoms with E-state index in [4.69, 9.17) is 16.6 Å². The van der Waals surface area contributed by atoms with E-state index in [1.807, 2.05) is 30.5 Å². The predicted molar refractivity (Wildman–Crippen MR) is 102 cm³/mol. The first kappa shape index (κ1) is 17.6. The van der Waals surface area contributed by atoms with Crippen molar-refractivity contribution in [2.75, 3.05) is 6.54 Å². The molecule has 0 atom stereocenters. The molecule has 3 N–H and O–H groups in total. The largest absolute Gasteiger partial charge is 0.507 e. The first-order chi connectivity index (χ1) is 13.0. The summed E-state index contributed by atoms with van der Waals surface area (Å²) in [5, 5.41) is 29.8. The maximum atomic E-state index is 9.99. The van der Waals surface area contributed by atoms with Crippen LogP contribution in [0.4, 0.5) is 0 Å². The number of hydrogen-bond acceptors (Lipinski definition) is 6. The Morgan fingerprint density at radius 1 is 1.00 bits per heavy atom. The van der Waals surface area contributed by atoms with Gasteiger partial charge in [-0.25, -0.2) is 9.97 Å². The van der Waals surface area contributed by atoms with E-state index in [0.29, 0.717) is 29.5 Å². The fraction of sp³-hybridized carbons (Fsp3) is 0.200. The molecule has 2 heterocycles. The molecule has 138 valence electrons. The van der Waals surface area contributed by atoms with Crippen LogP contribution in [0.15, 0.2) is 42.6 Å². The average molecular weight is 384 g/mol. The third-order valence-electron chi connectivity index (χ3n) is 4.69. The number of aromatic hydroxyl groups is 3. The van der Waals surface area contributed by atoms with Crippen molar-refractivity contribution in [1.82, 2.24) is 14.9 Å². The van der Waals surface area contributed by atoms with Crippen molar-refractivity contribution in [2.45, 2.75) is 19.5 Å². The van der Waals surface area contributed by atoms with Crippen LogP contribution in [0.2, 0.25) is 5.02 Å². The number of rotatable bonds is 3. The third-order valence-corrected chi connectivity index (χ3v) is 4.94. The molecule has 0 amide bonds. The lowest BCUT2D eigenvalue weighted by Crippen LogP contribution is -2.31. The van der Waals surface area contributed by atoms with E-state index in [-0.39, 0.29) is 17.2 Å². The Balaban J connectivity index is 1.52. The van der Waals surface area contributed by atoms with Crippen molar-refractivity contribution in [3.05, 3.63) is 64.4 Å². The predicted octanol–water partition coefficient (Wildman–Crippen LogP) is 3.47. The molecule has 3 aromatic rings. The molecule has 0 spiro atoms. The summed E-state index contributed by atoms with van der Waals surface area (Å²) >= 11 is 5.93. The Labute approximate surface area is 161 Å². The number of phenols is 3. The molecule has 1 aliphatic heterocycles. The van der Waals surface area contributed by atoms with Gasteiger partial charge in [-0.05, 0) is 30.3 Å². The Bertz CT molecular complexity index is 993. The minimum absolute atomic E-state index is 0.0366. The van der Waals surface area contributed by atoms with Gasteiger partial charge in [0.2, 0.25) is 0 Å². The molecular formula is C20H18ClN3O3. The van der Waals surface area contributed by atoms with Gasteiger partial charge in [0.25, 0.3) is 0 Å². The van der Waals surface area contributed by atoms with Gasteiger partial charge in [0.05, 0.1) is 5.69 Å². The van der Waals surface area contributed by atoms with Crippen LogP contribution in [0.5, 0.6) is 17.2 Å². The summed E-state index contributed by atoms with van der Waals surface area (Å²) in [6.45, 7) is 1.88. The summed E-state index contributed by atoms with van der Waals surface area (Å²) in [5.41, 5.74) is 3.55. The molecule has 0 radical (unpaired) electrons. The topological polar surface area (TPSA) is 89.7 Å². The van der Waals surface area contributed by atoms with Crippen LogP contribution in [-0.4, -0.2) is 36.7 Å². The lowest BCUT2D eigenvalue weighted by atomic mass is 10.1. The number of benzene rings is 2. The van der Waals surface area contributed by atoms with E-state index < -0.39 is 0 Å². The van der Waals surface area contributed by atoms with Crippen LogP contribution >= 0.6 is 11.6 Å². The van der Waals surface area contributed by atoms with Crippen molar-refractivity contribution in [2.24, 2.45) is 0 Å². The molecule has 6 nitrogen and oxygen atoms in total. The van der Waals surface area contributed by atoms with Crippen LogP contribution in [0.3, 0.4) is 0 Å². The molecule has 1 aromatic heterocycles. The molecule has 7 heteroatoms. The fourth-order valence-electron chi connectivity index (χ4n) is 3.22. The van der Waals surface area contributed by atoms with Gasteiger partial charge in [-0.2, -0.15) is 0 Å². The molecule has 2 aromatic carbocycles. The Kier molecular flexibility index (Phi) is 4.59.